The summed E-state index contributed by atoms with van der Waals surface area (Å²) in [6, 6.07) is 7.85. The number of carboxylic acids is 1. The van der Waals surface area contributed by atoms with Crippen LogP contribution in [-0.2, 0) is 0 Å². The van der Waals surface area contributed by atoms with E-state index in [1.54, 1.807) is 13.1 Å². The molecule has 5 nitrogen and oxygen atoms in total. The van der Waals surface area contributed by atoms with Crippen LogP contribution in [0, 0.1) is 13.8 Å². The Morgan fingerprint density at radius 3 is 2.95 bits per heavy atom. The van der Waals surface area contributed by atoms with E-state index >= 15 is 0 Å². The maximum Gasteiger partial charge on any atom is 0.340 e. The lowest BCUT2D eigenvalue weighted by molar-refractivity contribution is 0.0697. The van der Waals surface area contributed by atoms with Gasteiger partial charge in [0.25, 0.3) is 0 Å². The van der Waals surface area contributed by atoms with Crippen LogP contribution in [0.25, 0.3) is 0 Å². The molecule has 6 heteroatoms. The first-order chi connectivity index (χ1) is 9.08. The van der Waals surface area contributed by atoms with E-state index in [2.05, 4.69) is 14.9 Å². The highest BCUT2D eigenvalue weighted by Gasteiger charge is 2.16. The van der Waals surface area contributed by atoms with E-state index in [0.29, 0.717) is 10.7 Å². The SMILES string of the molecule is Cc1cccc(C=NNc2snc(C)c2C(=O)O)c1. The molecular weight excluding hydrogens is 262 g/mol. The Bertz CT molecular complexity index is 635. The molecule has 1 aromatic carbocycles. The number of rotatable bonds is 4. The molecule has 0 saturated heterocycles. The van der Waals surface area contributed by atoms with Crippen molar-refractivity contribution < 1.29 is 9.90 Å². The summed E-state index contributed by atoms with van der Waals surface area (Å²) >= 11 is 1.09. The maximum absolute atomic E-state index is 11.1. The van der Waals surface area contributed by atoms with Crippen molar-refractivity contribution in [2.75, 3.05) is 5.43 Å². The Labute approximate surface area is 114 Å². The molecule has 0 aliphatic heterocycles. The third-order valence-corrected chi connectivity index (χ3v) is 3.34. The van der Waals surface area contributed by atoms with E-state index < -0.39 is 5.97 Å². The molecule has 98 valence electrons. The molecule has 0 unspecified atom stereocenters. The van der Waals surface area contributed by atoms with Crippen molar-refractivity contribution in [3.05, 3.63) is 46.6 Å². The van der Waals surface area contributed by atoms with E-state index in [4.69, 9.17) is 5.11 Å². The van der Waals surface area contributed by atoms with E-state index in [1.807, 2.05) is 31.2 Å². The predicted molar refractivity (Wildman–Crippen MR) is 76.2 cm³/mol. The molecule has 0 bridgehead atoms. The van der Waals surface area contributed by atoms with Crippen LogP contribution in [0.15, 0.2) is 29.4 Å². The predicted octanol–water partition coefficient (Wildman–Crippen LogP) is 2.90. The normalized spacial score (nSPS) is 10.8. The highest BCUT2D eigenvalue weighted by Crippen LogP contribution is 2.24. The summed E-state index contributed by atoms with van der Waals surface area (Å²) in [5, 5.41) is 13.5. The van der Waals surface area contributed by atoms with E-state index in [-0.39, 0.29) is 5.56 Å². The van der Waals surface area contributed by atoms with Crippen molar-refractivity contribution >= 4 is 28.7 Å². The first-order valence-corrected chi connectivity index (χ1v) is 6.40. The van der Waals surface area contributed by atoms with Gasteiger partial charge < -0.3 is 5.11 Å². The zero-order chi connectivity index (χ0) is 13.8. The largest absolute Gasteiger partial charge is 0.478 e. The second-order valence-electron chi connectivity index (χ2n) is 4.06. The second kappa shape index (κ2) is 5.62. The molecule has 0 aliphatic carbocycles. The fourth-order valence-corrected chi connectivity index (χ4v) is 2.35. The summed E-state index contributed by atoms with van der Waals surface area (Å²) in [6.45, 7) is 3.66. The molecule has 0 radical (unpaired) electrons. The van der Waals surface area contributed by atoms with Crippen LogP contribution in [0.5, 0.6) is 0 Å². The van der Waals surface area contributed by atoms with Crippen LogP contribution in [-0.4, -0.2) is 21.7 Å². The number of carbonyl (C=O) groups is 1. The minimum Gasteiger partial charge on any atom is -0.478 e. The Morgan fingerprint density at radius 1 is 1.47 bits per heavy atom. The summed E-state index contributed by atoms with van der Waals surface area (Å²) in [7, 11) is 0. The van der Waals surface area contributed by atoms with Gasteiger partial charge in [0, 0.05) is 0 Å². The van der Waals surface area contributed by atoms with Crippen molar-refractivity contribution in [2.24, 2.45) is 5.10 Å². The molecule has 0 amide bonds. The maximum atomic E-state index is 11.1. The smallest absolute Gasteiger partial charge is 0.340 e. The number of anilines is 1. The lowest BCUT2D eigenvalue weighted by atomic mass is 10.2. The van der Waals surface area contributed by atoms with Crippen LogP contribution < -0.4 is 5.43 Å². The zero-order valence-electron chi connectivity index (χ0n) is 10.5. The Kier molecular flexibility index (Phi) is 3.91. The number of nitrogens with zero attached hydrogens (tertiary/aromatic N) is 2. The summed E-state index contributed by atoms with van der Waals surface area (Å²) in [6.07, 6.45) is 1.65. The lowest BCUT2D eigenvalue weighted by Crippen LogP contribution is -2.01. The number of aromatic carboxylic acids is 1. The van der Waals surface area contributed by atoms with E-state index in [1.165, 1.54) is 0 Å². The van der Waals surface area contributed by atoms with Crippen LogP contribution in [0.1, 0.15) is 27.2 Å². The van der Waals surface area contributed by atoms with Crippen molar-refractivity contribution in [2.45, 2.75) is 13.8 Å². The minimum absolute atomic E-state index is 0.173. The number of benzene rings is 1. The van der Waals surface area contributed by atoms with Gasteiger partial charge in [0.15, 0.2) is 0 Å². The number of aromatic nitrogens is 1. The number of aryl methyl sites for hydroxylation is 2. The lowest BCUT2D eigenvalue weighted by Gasteiger charge is -1.98. The Hall–Kier alpha value is -2.21. The average Bonchev–Trinajstić information content (AvgIpc) is 2.71. The molecule has 0 aliphatic rings. The van der Waals surface area contributed by atoms with Crippen LogP contribution in [0.4, 0.5) is 5.00 Å². The third-order valence-electron chi connectivity index (χ3n) is 2.50. The quantitative estimate of drug-likeness (QED) is 0.664. The molecule has 0 saturated carbocycles. The first-order valence-electron chi connectivity index (χ1n) is 5.63. The van der Waals surface area contributed by atoms with Gasteiger partial charge in [-0.05, 0) is 30.9 Å². The number of hydrogen-bond donors (Lipinski definition) is 2. The summed E-state index contributed by atoms with van der Waals surface area (Å²) in [5.41, 5.74) is 5.48. The summed E-state index contributed by atoms with van der Waals surface area (Å²) in [4.78, 5) is 11.1. The van der Waals surface area contributed by atoms with Crippen LogP contribution in [0.2, 0.25) is 0 Å². The van der Waals surface area contributed by atoms with Gasteiger partial charge in [-0.2, -0.15) is 9.47 Å². The van der Waals surface area contributed by atoms with Crippen LogP contribution >= 0.6 is 11.5 Å². The second-order valence-corrected chi connectivity index (χ2v) is 4.83. The zero-order valence-corrected chi connectivity index (χ0v) is 11.4. The molecule has 0 spiro atoms. The fourth-order valence-electron chi connectivity index (χ4n) is 1.61. The van der Waals surface area contributed by atoms with Gasteiger partial charge in [0.1, 0.15) is 10.6 Å². The van der Waals surface area contributed by atoms with Gasteiger partial charge in [-0.15, -0.1) is 0 Å². The van der Waals surface area contributed by atoms with Crippen molar-refractivity contribution in [1.29, 1.82) is 0 Å². The molecule has 0 atom stereocenters. The molecule has 2 rings (SSSR count). The van der Waals surface area contributed by atoms with Gasteiger partial charge in [0.05, 0.1) is 11.9 Å². The van der Waals surface area contributed by atoms with Crippen molar-refractivity contribution in [3.63, 3.8) is 0 Å². The van der Waals surface area contributed by atoms with Crippen molar-refractivity contribution in [3.8, 4) is 0 Å². The standard InChI is InChI=1S/C13H13N3O2S/c1-8-4-3-5-10(6-8)7-14-15-12-11(13(17)18)9(2)16-19-12/h3-7,15H,1-2H3,(H,17,18). The number of carboxylic acid groups (broad SMARTS) is 1. The summed E-state index contributed by atoms with van der Waals surface area (Å²) < 4.78 is 4.00. The van der Waals surface area contributed by atoms with Gasteiger partial charge in [-0.1, -0.05) is 29.8 Å². The average molecular weight is 275 g/mol. The Morgan fingerprint density at radius 2 is 2.26 bits per heavy atom. The topological polar surface area (TPSA) is 74.6 Å². The first kappa shape index (κ1) is 13.2. The van der Waals surface area contributed by atoms with Crippen molar-refractivity contribution in [1.82, 2.24) is 4.37 Å². The molecule has 19 heavy (non-hydrogen) atoms. The van der Waals surface area contributed by atoms with Gasteiger partial charge >= 0.3 is 5.97 Å². The van der Waals surface area contributed by atoms with Gasteiger partial charge in [0.2, 0.25) is 0 Å². The molecule has 2 aromatic rings. The molecule has 1 aromatic heterocycles. The molecular formula is C13H13N3O2S. The molecule has 0 fully saturated rings. The third kappa shape index (κ3) is 3.17. The Balaban J connectivity index is 2.13. The fraction of sp³-hybridized carbons (Fsp3) is 0.154. The van der Waals surface area contributed by atoms with E-state index in [0.717, 1.165) is 22.7 Å². The number of nitrogens with one attached hydrogen (secondary N) is 1. The highest BCUT2D eigenvalue weighted by molar-refractivity contribution is 7.10. The van der Waals surface area contributed by atoms with Gasteiger partial charge in [-0.25, -0.2) is 4.79 Å². The van der Waals surface area contributed by atoms with E-state index in [9.17, 15) is 4.79 Å². The number of hydrazone groups is 1. The minimum atomic E-state index is -1.00. The van der Waals surface area contributed by atoms with Gasteiger partial charge in [-0.3, -0.25) is 5.43 Å². The highest BCUT2D eigenvalue weighted by atomic mass is 32.1. The number of hydrogen-bond acceptors (Lipinski definition) is 5. The monoisotopic (exact) mass is 275 g/mol. The molecule has 2 N–H and O–H groups in total. The molecule has 1 heterocycles. The summed E-state index contributed by atoms with van der Waals surface area (Å²) in [5.74, 6) is -1.00. The van der Waals surface area contributed by atoms with Crippen LogP contribution in [0.3, 0.4) is 0 Å².